The van der Waals surface area contributed by atoms with Crippen LogP contribution in [0.4, 0.5) is 11.8 Å². The zero-order chi connectivity index (χ0) is 15.5. The third kappa shape index (κ3) is 3.80. The van der Waals surface area contributed by atoms with E-state index in [0.717, 1.165) is 18.4 Å². The van der Waals surface area contributed by atoms with E-state index in [0.29, 0.717) is 17.4 Å². The number of rotatable bonds is 7. The first kappa shape index (κ1) is 15.0. The van der Waals surface area contributed by atoms with Gasteiger partial charge in [-0.2, -0.15) is 15.1 Å². The second-order valence-electron chi connectivity index (χ2n) is 5.61. The van der Waals surface area contributed by atoms with Gasteiger partial charge in [0.25, 0.3) is 0 Å². The molecular weight excluding hydrogens is 270 g/mol. The Kier molecular flexibility index (Phi) is 4.25. The first-order valence-electron chi connectivity index (χ1n) is 6.93. The summed E-state index contributed by atoms with van der Waals surface area (Å²) in [7, 11) is 0. The second kappa shape index (κ2) is 5.94. The fourth-order valence-electron chi connectivity index (χ4n) is 2.05. The Morgan fingerprint density at radius 2 is 2.19 bits per heavy atom. The zero-order valence-corrected chi connectivity index (χ0v) is 12.5. The van der Waals surface area contributed by atoms with Gasteiger partial charge < -0.3 is 16.4 Å². The molecular formula is C13H21N7O. The van der Waals surface area contributed by atoms with Crippen molar-refractivity contribution in [2.75, 3.05) is 17.2 Å². The van der Waals surface area contributed by atoms with Gasteiger partial charge in [0.15, 0.2) is 5.65 Å². The van der Waals surface area contributed by atoms with Crippen LogP contribution < -0.4 is 16.4 Å². The molecule has 0 spiro atoms. The van der Waals surface area contributed by atoms with Crippen LogP contribution in [0.3, 0.4) is 0 Å². The largest absolute Gasteiger partial charge is 0.370 e. The van der Waals surface area contributed by atoms with E-state index in [1.54, 1.807) is 6.20 Å². The van der Waals surface area contributed by atoms with Crippen molar-refractivity contribution in [2.24, 2.45) is 5.73 Å². The average Bonchev–Trinajstić information content (AvgIpc) is 2.82. The molecule has 0 bridgehead atoms. The van der Waals surface area contributed by atoms with Crippen molar-refractivity contribution >= 4 is 28.7 Å². The van der Waals surface area contributed by atoms with E-state index in [2.05, 4.69) is 37.7 Å². The maximum Gasteiger partial charge on any atom is 0.226 e. The van der Waals surface area contributed by atoms with Crippen LogP contribution in [0.2, 0.25) is 0 Å². The summed E-state index contributed by atoms with van der Waals surface area (Å²) in [5.74, 6) is 0.777. The number of carbonyl (C=O) groups is 1. The summed E-state index contributed by atoms with van der Waals surface area (Å²) < 4.78 is 0. The van der Waals surface area contributed by atoms with Gasteiger partial charge in [-0.15, -0.1) is 0 Å². The minimum absolute atomic E-state index is 0.202. The van der Waals surface area contributed by atoms with Gasteiger partial charge in [-0.1, -0.05) is 6.92 Å². The van der Waals surface area contributed by atoms with Crippen molar-refractivity contribution in [3.05, 3.63) is 6.20 Å². The van der Waals surface area contributed by atoms with Crippen molar-refractivity contribution in [1.29, 1.82) is 0 Å². The number of H-pyrrole nitrogens is 1. The van der Waals surface area contributed by atoms with Crippen LogP contribution in [0.25, 0.3) is 11.0 Å². The monoisotopic (exact) mass is 291 g/mol. The minimum Gasteiger partial charge on any atom is -0.370 e. The van der Waals surface area contributed by atoms with E-state index in [4.69, 9.17) is 5.73 Å². The molecule has 2 aromatic rings. The third-order valence-corrected chi connectivity index (χ3v) is 2.92. The number of aromatic nitrogens is 4. The number of nitrogens with one attached hydrogen (secondary N) is 3. The first-order valence-corrected chi connectivity index (χ1v) is 6.93. The van der Waals surface area contributed by atoms with Gasteiger partial charge in [0.2, 0.25) is 11.9 Å². The quantitative estimate of drug-likeness (QED) is 0.609. The third-order valence-electron chi connectivity index (χ3n) is 2.92. The Balaban J connectivity index is 2.32. The number of primary amides is 1. The molecule has 0 saturated heterocycles. The average molecular weight is 291 g/mol. The number of fused-ring (bicyclic) bond motifs is 1. The van der Waals surface area contributed by atoms with Gasteiger partial charge in [-0.05, 0) is 20.3 Å². The van der Waals surface area contributed by atoms with Crippen LogP contribution >= 0.6 is 0 Å². The van der Waals surface area contributed by atoms with Crippen LogP contribution in [0, 0.1) is 0 Å². The summed E-state index contributed by atoms with van der Waals surface area (Å²) in [6, 6.07) is 0. The minimum atomic E-state index is -0.508. The molecule has 8 nitrogen and oxygen atoms in total. The Hall–Kier alpha value is -2.38. The Morgan fingerprint density at radius 3 is 2.86 bits per heavy atom. The Bertz CT molecular complexity index is 634. The summed E-state index contributed by atoms with van der Waals surface area (Å²) >= 11 is 0. The first-order chi connectivity index (χ1) is 9.91. The maximum absolute atomic E-state index is 11.1. The van der Waals surface area contributed by atoms with E-state index >= 15 is 0 Å². The second-order valence-corrected chi connectivity index (χ2v) is 5.61. The molecule has 0 unspecified atom stereocenters. The SMILES string of the molecule is CCCNc1nc(NC(C)(C)CC(N)=O)c2cn[nH]c2n1. The molecule has 0 aliphatic rings. The summed E-state index contributed by atoms with van der Waals surface area (Å²) in [5.41, 5.74) is 5.41. The number of nitrogens with zero attached hydrogens (tertiary/aromatic N) is 3. The molecule has 0 aromatic carbocycles. The number of aromatic amines is 1. The fraction of sp³-hybridized carbons (Fsp3) is 0.538. The van der Waals surface area contributed by atoms with Crippen LogP contribution in [0.15, 0.2) is 6.20 Å². The predicted octanol–water partition coefficient (Wildman–Crippen LogP) is 1.24. The molecule has 2 aromatic heterocycles. The molecule has 1 amide bonds. The number of anilines is 2. The molecule has 21 heavy (non-hydrogen) atoms. The highest BCUT2D eigenvalue weighted by atomic mass is 16.1. The molecule has 114 valence electrons. The molecule has 5 N–H and O–H groups in total. The number of carbonyl (C=O) groups excluding carboxylic acids is 1. The normalized spacial score (nSPS) is 11.6. The number of hydrogen-bond donors (Lipinski definition) is 4. The Labute approximate surface area is 122 Å². The summed E-state index contributed by atoms with van der Waals surface area (Å²) in [4.78, 5) is 20.0. The molecule has 2 heterocycles. The van der Waals surface area contributed by atoms with Gasteiger partial charge in [0.05, 0.1) is 11.6 Å². The molecule has 0 aliphatic heterocycles. The van der Waals surface area contributed by atoms with Crippen LogP contribution in [-0.4, -0.2) is 38.2 Å². The maximum atomic E-state index is 11.1. The van der Waals surface area contributed by atoms with E-state index in [1.807, 2.05) is 13.8 Å². The highest BCUT2D eigenvalue weighted by Gasteiger charge is 2.22. The van der Waals surface area contributed by atoms with Crippen molar-refractivity contribution in [3.63, 3.8) is 0 Å². The van der Waals surface area contributed by atoms with Crippen LogP contribution in [-0.2, 0) is 4.79 Å². The van der Waals surface area contributed by atoms with E-state index < -0.39 is 5.54 Å². The van der Waals surface area contributed by atoms with E-state index in [9.17, 15) is 4.79 Å². The van der Waals surface area contributed by atoms with Crippen molar-refractivity contribution in [3.8, 4) is 0 Å². The predicted molar refractivity (Wildman–Crippen MR) is 82.0 cm³/mol. The van der Waals surface area contributed by atoms with Gasteiger partial charge in [-0.3, -0.25) is 9.89 Å². The molecule has 0 fully saturated rings. The molecule has 2 rings (SSSR count). The highest BCUT2D eigenvalue weighted by molar-refractivity contribution is 5.87. The van der Waals surface area contributed by atoms with Gasteiger partial charge in [0.1, 0.15) is 5.82 Å². The van der Waals surface area contributed by atoms with Crippen molar-refractivity contribution < 1.29 is 4.79 Å². The van der Waals surface area contributed by atoms with E-state index in [1.165, 1.54) is 0 Å². The molecule has 0 radical (unpaired) electrons. The lowest BCUT2D eigenvalue weighted by Crippen LogP contribution is -2.36. The molecule has 0 saturated carbocycles. The lowest BCUT2D eigenvalue weighted by molar-refractivity contribution is -0.118. The number of hydrogen-bond acceptors (Lipinski definition) is 6. The summed E-state index contributed by atoms with van der Waals surface area (Å²) in [5, 5.41) is 14.0. The summed E-state index contributed by atoms with van der Waals surface area (Å²) in [6.07, 6.45) is 2.83. The van der Waals surface area contributed by atoms with E-state index in [-0.39, 0.29) is 12.3 Å². The van der Waals surface area contributed by atoms with Gasteiger partial charge >= 0.3 is 0 Å². The van der Waals surface area contributed by atoms with Crippen molar-refractivity contribution in [2.45, 2.75) is 39.2 Å². The lowest BCUT2D eigenvalue weighted by atomic mass is 10.0. The fourth-order valence-corrected chi connectivity index (χ4v) is 2.05. The van der Waals surface area contributed by atoms with Gasteiger partial charge in [-0.25, -0.2) is 0 Å². The zero-order valence-electron chi connectivity index (χ0n) is 12.5. The molecule has 8 heteroatoms. The molecule has 0 atom stereocenters. The standard InChI is InChI=1S/C13H21N7O/c1-4-5-15-12-17-10(8-7-16-20-11(8)18-12)19-13(2,3)6-9(14)21/h7H,4-6H2,1-3H3,(H2,14,21)(H3,15,16,17,18,19,20). The smallest absolute Gasteiger partial charge is 0.226 e. The van der Waals surface area contributed by atoms with Crippen LogP contribution in [0.5, 0.6) is 0 Å². The number of nitrogens with two attached hydrogens (primary N) is 1. The van der Waals surface area contributed by atoms with Crippen LogP contribution in [0.1, 0.15) is 33.6 Å². The van der Waals surface area contributed by atoms with Gasteiger partial charge in [0, 0.05) is 18.5 Å². The lowest BCUT2D eigenvalue weighted by Gasteiger charge is -2.25. The highest BCUT2D eigenvalue weighted by Crippen LogP contribution is 2.24. The summed E-state index contributed by atoms with van der Waals surface area (Å²) in [6.45, 7) is 6.64. The topological polar surface area (TPSA) is 122 Å². The Morgan fingerprint density at radius 1 is 1.43 bits per heavy atom. The van der Waals surface area contributed by atoms with Crippen molar-refractivity contribution in [1.82, 2.24) is 20.2 Å². The molecule has 0 aliphatic carbocycles. The number of amides is 1.